The van der Waals surface area contributed by atoms with E-state index < -0.39 is 0 Å². The third-order valence-corrected chi connectivity index (χ3v) is 6.96. The van der Waals surface area contributed by atoms with Crippen LogP contribution in [0.3, 0.4) is 0 Å². The number of nitrogens with one attached hydrogen (secondary N) is 1. The number of phenols is 1. The number of rotatable bonds is 5. The molecule has 0 radical (unpaired) electrons. The molecule has 2 aromatic rings. The molecule has 2 saturated heterocycles. The van der Waals surface area contributed by atoms with Crippen molar-refractivity contribution in [3.8, 4) is 17.6 Å². The lowest BCUT2D eigenvalue weighted by Gasteiger charge is -2.31. The van der Waals surface area contributed by atoms with Crippen LogP contribution in [0.15, 0.2) is 48.5 Å². The first-order valence-electron chi connectivity index (χ1n) is 12.6. The molecule has 6 heteroatoms. The van der Waals surface area contributed by atoms with Crippen molar-refractivity contribution in [3.63, 3.8) is 0 Å². The second-order valence-corrected chi connectivity index (χ2v) is 9.93. The topological polar surface area (TPSA) is 72.9 Å². The summed E-state index contributed by atoms with van der Waals surface area (Å²) in [6.07, 6.45) is 2.55. The predicted molar refractivity (Wildman–Crippen MR) is 138 cm³/mol. The summed E-state index contributed by atoms with van der Waals surface area (Å²) in [4.78, 5) is 29.7. The first kappa shape index (κ1) is 24.8. The summed E-state index contributed by atoms with van der Waals surface area (Å²) < 4.78 is 0. The van der Waals surface area contributed by atoms with E-state index in [0.717, 1.165) is 50.0 Å². The highest BCUT2D eigenvalue weighted by molar-refractivity contribution is 5.93. The molecule has 2 amide bonds. The SMILES string of the molecule is CC(C)c1cc(NC(=O)[C@@H]2CCN(CC(=O)N3CCC(C#Cc4ccccc4)CC3)C2)ccc1O. The van der Waals surface area contributed by atoms with Gasteiger partial charge in [-0.05, 0) is 67.6 Å². The quantitative estimate of drug-likeness (QED) is 0.507. The molecular weight excluding hydrogens is 438 g/mol. The number of hydrogen-bond donors (Lipinski definition) is 2. The van der Waals surface area contributed by atoms with Gasteiger partial charge in [-0.2, -0.15) is 0 Å². The van der Waals surface area contributed by atoms with E-state index in [-0.39, 0.29) is 29.4 Å². The van der Waals surface area contributed by atoms with E-state index in [1.165, 1.54) is 0 Å². The fraction of sp³-hybridized carbons (Fsp3) is 0.448. The highest BCUT2D eigenvalue weighted by Gasteiger charge is 2.31. The molecule has 2 aliphatic rings. The average molecular weight is 474 g/mol. The molecule has 2 fully saturated rings. The van der Waals surface area contributed by atoms with E-state index in [1.54, 1.807) is 12.1 Å². The van der Waals surface area contributed by atoms with E-state index >= 15 is 0 Å². The number of anilines is 1. The van der Waals surface area contributed by atoms with E-state index in [2.05, 4.69) is 22.1 Å². The van der Waals surface area contributed by atoms with E-state index in [1.807, 2.05) is 55.1 Å². The molecule has 2 aliphatic heterocycles. The lowest BCUT2D eigenvalue weighted by atomic mass is 9.97. The summed E-state index contributed by atoms with van der Waals surface area (Å²) in [5, 5.41) is 13.0. The van der Waals surface area contributed by atoms with Gasteiger partial charge >= 0.3 is 0 Å². The molecule has 35 heavy (non-hydrogen) atoms. The lowest BCUT2D eigenvalue weighted by molar-refractivity contribution is -0.133. The van der Waals surface area contributed by atoms with Crippen LogP contribution < -0.4 is 5.32 Å². The molecule has 6 nitrogen and oxygen atoms in total. The van der Waals surface area contributed by atoms with Crippen LogP contribution in [0.5, 0.6) is 5.75 Å². The van der Waals surface area contributed by atoms with Gasteiger partial charge in [-0.25, -0.2) is 0 Å². The van der Waals surface area contributed by atoms with Crippen LogP contribution in [-0.2, 0) is 9.59 Å². The normalized spacial score (nSPS) is 18.8. The van der Waals surface area contributed by atoms with Crippen molar-refractivity contribution < 1.29 is 14.7 Å². The van der Waals surface area contributed by atoms with Crippen LogP contribution in [-0.4, -0.2) is 59.4 Å². The number of aromatic hydroxyl groups is 1. The smallest absolute Gasteiger partial charge is 0.236 e. The van der Waals surface area contributed by atoms with Gasteiger partial charge in [-0.15, -0.1) is 0 Å². The third kappa shape index (κ3) is 6.64. The van der Waals surface area contributed by atoms with Gasteiger partial charge in [0, 0.05) is 36.8 Å². The number of carbonyl (C=O) groups excluding carboxylic acids is 2. The number of benzene rings is 2. The Morgan fingerprint density at radius 3 is 2.51 bits per heavy atom. The number of phenolic OH excluding ortho intramolecular Hbond substituents is 1. The van der Waals surface area contributed by atoms with Gasteiger partial charge in [0.2, 0.25) is 11.8 Å². The molecule has 0 saturated carbocycles. The van der Waals surface area contributed by atoms with Gasteiger partial charge in [0.15, 0.2) is 0 Å². The summed E-state index contributed by atoms with van der Waals surface area (Å²) in [7, 11) is 0. The standard InChI is InChI=1S/C29H35N3O3/c1-21(2)26-18-25(10-11-27(26)33)30-29(35)24-14-15-31(19-24)20-28(34)32-16-12-23(13-17-32)9-8-22-6-4-3-5-7-22/h3-7,10-11,18,21,23-24,33H,12-17,19-20H2,1-2H3,(H,30,35)/t24-/m1/s1. The van der Waals surface area contributed by atoms with Crippen molar-refractivity contribution in [2.75, 3.05) is 38.0 Å². The minimum atomic E-state index is -0.141. The number of hydrogen-bond acceptors (Lipinski definition) is 4. The Balaban J connectivity index is 1.22. The van der Waals surface area contributed by atoms with Crippen molar-refractivity contribution in [2.24, 2.45) is 11.8 Å². The molecule has 2 heterocycles. The van der Waals surface area contributed by atoms with E-state index in [4.69, 9.17) is 0 Å². The number of nitrogens with zero attached hydrogens (tertiary/aromatic N) is 2. The Kier molecular flexibility index (Phi) is 8.09. The summed E-state index contributed by atoms with van der Waals surface area (Å²) in [6.45, 7) is 7.19. The first-order chi connectivity index (χ1) is 16.9. The molecule has 0 unspecified atom stereocenters. The highest BCUT2D eigenvalue weighted by Crippen LogP contribution is 2.29. The lowest BCUT2D eigenvalue weighted by Crippen LogP contribution is -2.43. The van der Waals surface area contributed by atoms with Crippen molar-refractivity contribution in [1.29, 1.82) is 0 Å². The third-order valence-electron chi connectivity index (χ3n) is 6.96. The Labute approximate surface area is 208 Å². The minimum Gasteiger partial charge on any atom is -0.508 e. The zero-order valence-corrected chi connectivity index (χ0v) is 20.7. The average Bonchev–Trinajstić information content (AvgIpc) is 3.33. The summed E-state index contributed by atoms with van der Waals surface area (Å²) >= 11 is 0. The van der Waals surface area contributed by atoms with Crippen LogP contribution in [0.25, 0.3) is 0 Å². The Morgan fingerprint density at radius 2 is 1.80 bits per heavy atom. The zero-order chi connectivity index (χ0) is 24.8. The van der Waals surface area contributed by atoms with Crippen LogP contribution in [0.1, 0.15) is 50.2 Å². The van der Waals surface area contributed by atoms with E-state index in [9.17, 15) is 14.7 Å². The molecule has 0 aliphatic carbocycles. The Morgan fingerprint density at radius 1 is 1.06 bits per heavy atom. The maximum atomic E-state index is 12.9. The number of amides is 2. The Bertz CT molecular complexity index is 1100. The largest absolute Gasteiger partial charge is 0.508 e. The second kappa shape index (κ2) is 11.4. The predicted octanol–water partition coefficient (Wildman–Crippen LogP) is 4.07. The van der Waals surface area contributed by atoms with Crippen LogP contribution in [0, 0.1) is 23.7 Å². The molecule has 0 bridgehead atoms. The molecule has 0 spiro atoms. The molecule has 184 valence electrons. The van der Waals surface area contributed by atoms with Gasteiger partial charge in [-0.3, -0.25) is 14.5 Å². The van der Waals surface area contributed by atoms with Gasteiger partial charge in [-0.1, -0.05) is 43.9 Å². The summed E-state index contributed by atoms with van der Waals surface area (Å²) in [5.41, 5.74) is 2.55. The zero-order valence-electron chi connectivity index (χ0n) is 20.7. The number of piperidine rings is 1. The van der Waals surface area contributed by atoms with Crippen molar-refractivity contribution in [1.82, 2.24) is 9.80 Å². The molecular formula is C29H35N3O3. The van der Waals surface area contributed by atoms with Crippen LogP contribution in [0.4, 0.5) is 5.69 Å². The summed E-state index contributed by atoms with van der Waals surface area (Å²) in [5.74, 6) is 7.33. The molecule has 0 aromatic heterocycles. The van der Waals surface area contributed by atoms with E-state index in [0.29, 0.717) is 24.7 Å². The molecule has 2 N–H and O–H groups in total. The first-order valence-corrected chi connectivity index (χ1v) is 12.6. The number of likely N-dealkylation sites (tertiary alicyclic amines) is 2. The summed E-state index contributed by atoms with van der Waals surface area (Å²) in [6, 6.07) is 15.2. The molecule has 2 aromatic carbocycles. The maximum absolute atomic E-state index is 12.9. The molecule has 1 atom stereocenters. The van der Waals surface area contributed by atoms with Crippen molar-refractivity contribution >= 4 is 17.5 Å². The van der Waals surface area contributed by atoms with Gasteiger partial charge < -0.3 is 15.3 Å². The van der Waals surface area contributed by atoms with Gasteiger partial charge in [0.05, 0.1) is 12.5 Å². The maximum Gasteiger partial charge on any atom is 0.236 e. The fourth-order valence-corrected chi connectivity index (χ4v) is 4.80. The van der Waals surface area contributed by atoms with Gasteiger partial charge in [0.1, 0.15) is 5.75 Å². The highest BCUT2D eigenvalue weighted by atomic mass is 16.3. The van der Waals surface area contributed by atoms with Gasteiger partial charge in [0.25, 0.3) is 0 Å². The minimum absolute atomic E-state index is 0.0295. The second-order valence-electron chi connectivity index (χ2n) is 9.93. The fourth-order valence-electron chi connectivity index (χ4n) is 4.80. The van der Waals surface area contributed by atoms with Crippen LogP contribution in [0.2, 0.25) is 0 Å². The van der Waals surface area contributed by atoms with Crippen molar-refractivity contribution in [2.45, 2.75) is 39.0 Å². The Hall–Kier alpha value is -3.30. The van der Waals surface area contributed by atoms with Crippen molar-refractivity contribution in [3.05, 3.63) is 59.7 Å². The molecule has 4 rings (SSSR count). The monoisotopic (exact) mass is 473 g/mol. The number of carbonyl (C=O) groups is 2. The van der Waals surface area contributed by atoms with Crippen LogP contribution >= 0.6 is 0 Å².